The first kappa shape index (κ1) is 42.2. The minimum atomic E-state index is -1.11. The summed E-state index contributed by atoms with van der Waals surface area (Å²) < 4.78 is 9.62. The van der Waals surface area contributed by atoms with E-state index in [1.165, 1.54) is 14.2 Å². The molecule has 15 nitrogen and oxygen atoms in total. The standard InChI is InChI=1S/C27H42N6O9.2C2H6/c1-41-25(37)18-31-10-9-30(17-24(35)36)13-15-33(16-14-32(12-11-31)19-26(38)42-2)22(27(39)40)7-8-23(34)29-21-5-3-20(28)4-6-21;2*1-2/h3-6,22H,7-19,28H2,1-2H3,(H,29,34)(H,35,36)(H,39,40);2*1-2H3. The van der Waals surface area contributed by atoms with Gasteiger partial charge < -0.3 is 30.7 Å². The van der Waals surface area contributed by atoms with Crippen LogP contribution < -0.4 is 11.1 Å². The molecule has 1 unspecified atom stereocenters. The summed E-state index contributed by atoms with van der Waals surface area (Å²) in [4.78, 5) is 67.6. The molecule has 1 aromatic rings. The summed E-state index contributed by atoms with van der Waals surface area (Å²) in [6.45, 7) is 10.0. The second-order valence-corrected chi connectivity index (χ2v) is 9.97. The molecule has 15 heteroatoms. The number of rotatable bonds is 12. The number of esters is 2. The van der Waals surface area contributed by atoms with Gasteiger partial charge in [-0.2, -0.15) is 0 Å². The van der Waals surface area contributed by atoms with Crippen LogP contribution in [-0.2, 0) is 33.4 Å². The Morgan fingerprint density at radius 2 is 1.15 bits per heavy atom. The maximum Gasteiger partial charge on any atom is 0.320 e. The van der Waals surface area contributed by atoms with Gasteiger partial charge in [0.05, 0.1) is 33.9 Å². The third kappa shape index (κ3) is 17.6. The van der Waals surface area contributed by atoms with E-state index in [0.29, 0.717) is 44.1 Å². The molecular weight excluding hydrogens is 600 g/mol. The van der Waals surface area contributed by atoms with Gasteiger partial charge in [-0.15, -0.1) is 0 Å². The molecule has 2 rings (SSSR count). The van der Waals surface area contributed by atoms with E-state index in [2.05, 4.69) is 5.32 Å². The van der Waals surface area contributed by atoms with Crippen LogP contribution in [0.3, 0.4) is 0 Å². The van der Waals surface area contributed by atoms with Gasteiger partial charge in [0, 0.05) is 70.2 Å². The topological polar surface area (TPSA) is 195 Å². The van der Waals surface area contributed by atoms with Crippen LogP contribution in [0.25, 0.3) is 0 Å². The van der Waals surface area contributed by atoms with Crippen LogP contribution in [0.4, 0.5) is 11.4 Å². The average Bonchev–Trinajstić information content (AvgIpc) is 3.04. The second-order valence-electron chi connectivity index (χ2n) is 9.97. The van der Waals surface area contributed by atoms with Crippen molar-refractivity contribution in [3.8, 4) is 0 Å². The van der Waals surface area contributed by atoms with Crippen LogP contribution in [-0.4, -0.2) is 152 Å². The monoisotopic (exact) mass is 654 g/mol. The maximum atomic E-state index is 12.6. The van der Waals surface area contributed by atoms with Crippen molar-refractivity contribution in [2.45, 2.75) is 46.6 Å². The van der Waals surface area contributed by atoms with Gasteiger partial charge >= 0.3 is 23.9 Å². The third-order valence-corrected chi connectivity index (χ3v) is 6.96. The predicted molar refractivity (Wildman–Crippen MR) is 175 cm³/mol. The van der Waals surface area contributed by atoms with E-state index >= 15 is 0 Å². The number of anilines is 2. The number of carboxylic acid groups (broad SMARTS) is 2. The number of amides is 1. The van der Waals surface area contributed by atoms with Crippen LogP contribution >= 0.6 is 0 Å². The SMILES string of the molecule is CC.CC.COC(=O)CN1CCN(CC(=O)O)CCN(C(CCC(=O)Nc2ccc(N)cc2)C(=O)O)CCN(CC(=O)OC)CC1. The highest BCUT2D eigenvalue weighted by Gasteiger charge is 2.28. The molecule has 5 N–H and O–H groups in total. The summed E-state index contributed by atoms with van der Waals surface area (Å²) in [5.74, 6) is -3.41. The fraction of sp³-hybridized carbons (Fsp3) is 0.645. The molecular formula is C31H54N6O9. The molecule has 0 saturated carbocycles. The fourth-order valence-electron chi connectivity index (χ4n) is 4.54. The summed E-state index contributed by atoms with van der Waals surface area (Å²) in [7, 11) is 2.57. The molecule has 1 aliphatic heterocycles. The van der Waals surface area contributed by atoms with E-state index in [4.69, 9.17) is 15.2 Å². The number of hydrogen-bond acceptors (Lipinski definition) is 12. The Balaban J connectivity index is 0.00000486. The minimum Gasteiger partial charge on any atom is -0.480 e. The molecule has 1 aromatic carbocycles. The van der Waals surface area contributed by atoms with E-state index in [9.17, 15) is 34.2 Å². The zero-order chi connectivity index (χ0) is 35.1. The average molecular weight is 655 g/mol. The largest absolute Gasteiger partial charge is 0.480 e. The number of nitrogens with two attached hydrogens (primary N) is 1. The molecule has 1 aliphatic rings. The third-order valence-electron chi connectivity index (χ3n) is 6.96. The van der Waals surface area contributed by atoms with Crippen LogP contribution in [0.5, 0.6) is 0 Å². The van der Waals surface area contributed by atoms with Crippen molar-refractivity contribution >= 4 is 41.2 Å². The van der Waals surface area contributed by atoms with Crippen molar-refractivity contribution in [2.24, 2.45) is 0 Å². The quantitative estimate of drug-likeness (QED) is 0.185. The van der Waals surface area contributed by atoms with Gasteiger partial charge in [0.1, 0.15) is 6.04 Å². The molecule has 1 saturated heterocycles. The zero-order valence-electron chi connectivity index (χ0n) is 28.2. The van der Waals surface area contributed by atoms with Gasteiger partial charge in [0.2, 0.25) is 5.91 Å². The maximum absolute atomic E-state index is 12.6. The first-order valence-electron chi connectivity index (χ1n) is 15.7. The van der Waals surface area contributed by atoms with Gasteiger partial charge in [0.25, 0.3) is 0 Å². The van der Waals surface area contributed by atoms with Gasteiger partial charge in [-0.25, -0.2) is 0 Å². The smallest absolute Gasteiger partial charge is 0.320 e. The molecule has 0 aliphatic carbocycles. The van der Waals surface area contributed by atoms with Crippen LogP contribution in [0.2, 0.25) is 0 Å². The number of methoxy groups -OCH3 is 2. The van der Waals surface area contributed by atoms with Crippen LogP contribution in [0.1, 0.15) is 40.5 Å². The molecule has 1 fully saturated rings. The Morgan fingerprint density at radius 1 is 0.739 bits per heavy atom. The Hall–Kier alpha value is -3.79. The summed E-state index contributed by atoms with van der Waals surface area (Å²) in [5, 5.41) is 22.3. The van der Waals surface area contributed by atoms with Gasteiger partial charge in [-0.1, -0.05) is 27.7 Å². The van der Waals surface area contributed by atoms with E-state index in [1.807, 2.05) is 37.5 Å². The lowest BCUT2D eigenvalue weighted by Crippen LogP contribution is -2.52. The van der Waals surface area contributed by atoms with Gasteiger partial charge in [0.15, 0.2) is 0 Å². The van der Waals surface area contributed by atoms with Crippen molar-refractivity contribution in [1.29, 1.82) is 0 Å². The molecule has 0 spiro atoms. The number of aliphatic carboxylic acids is 2. The summed E-state index contributed by atoms with van der Waals surface area (Å²) in [6, 6.07) is 5.55. The number of carbonyl (C=O) groups is 5. The van der Waals surface area contributed by atoms with Crippen molar-refractivity contribution in [3.05, 3.63) is 24.3 Å². The number of nitrogens with zero attached hydrogens (tertiary/aromatic N) is 4. The fourth-order valence-corrected chi connectivity index (χ4v) is 4.54. The number of carbonyl (C=O) groups excluding carboxylic acids is 3. The van der Waals surface area contributed by atoms with E-state index in [1.54, 1.807) is 34.1 Å². The Kier molecular flexibility index (Phi) is 22.4. The van der Waals surface area contributed by atoms with E-state index in [0.717, 1.165) is 0 Å². The number of benzene rings is 1. The number of nitrogen functional groups attached to an aromatic ring is 1. The molecule has 46 heavy (non-hydrogen) atoms. The molecule has 0 bridgehead atoms. The summed E-state index contributed by atoms with van der Waals surface area (Å²) in [5.41, 5.74) is 6.76. The molecule has 1 amide bonds. The Morgan fingerprint density at radius 3 is 1.54 bits per heavy atom. The highest BCUT2D eigenvalue weighted by atomic mass is 16.5. The van der Waals surface area contributed by atoms with E-state index < -0.39 is 29.9 Å². The number of nitrogens with one attached hydrogen (secondary N) is 1. The highest BCUT2D eigenvalue weighted by molar-refractivity contribution is 5.91. The van der Waals surface area contributed by atoms with Crippen molar-refractivity contribution in [3.63, 3.8) is 0 Å². The first-order valence-corrected chi connectivity index (χ1v) is 15.7. The predicted octanol–water partition coefficient (Wildman–Crippen LogP) is 1.15. The Labute approximate surface area is 272 Å². The van der Waals surface area contributed by atoms with Gasteiger partial charge in [-0.3, -0.25) is 43.6 Å². The lowest BCUT2D eigenvalue weighted by atomic mass is 10.1. The van der Waals surface area contributed by atoms with Crippen molar-refractivity contribution in [2.75, 3.05) is 97.3 Å². The molecule has 1 heterocycles. The minimum absolute atomic E-state index is 0.00484. The zero-order valence-corrected chi connectivity index (χ0v) is 28.2. The van der Waals surface area contributed by atoms with Crippen LogP contribution in [0, 0.1) is 0 Å². The van der Waals surface area contributed by atoms with Crippen molar-refractivity contribution in [1.82, 2.24) is 19.6 Å². The normalized spacial score (nSPS) is 16.0. The summed E-state index contributed by atoms with van der Waals surface area (Å²) >= 11 is 0. The molecule has 262 valence electrons. The number of hydrogen-bond donors (Lipinski definition) is 4. The lowest BCUT2D eigenvalue weighted by Gasteiger charge is -2.35. The molecule has 0 aromatic heterocycles. The highest BCUT2D eigenvalue weighted by Crippen LogP contribution is 2.14. The Bertz CT molecular complexity index is 1060. The number of ether oxygens (including phenoxy) is 2. The van der Waals surface area contributed by atoms with E-state index in [-0.39, 0.29) is 58.0 Å². The summed E-state index contributed by atoms with van der Waals surface area (Å²) in [6.07, 6.45) is -0.0516. The molecule has 1 atom stereocenters. The van der Waals surface area contributed by atoms with Crippen LogP contribution in [0.15, 0.2) is 24.3 Å². The lowest BCUT2D eigenvalue weighted by molar-refractivity contribution is -0.145. The second kappa shape index (κ2) is 24.4. The van der Waals surface area contributed by atoms with Gasteiger partial charge in [-0.05, 0) is 30.7 Å². The molecule has 0 radical (unpaired) electrons. The van der Waals surface area contributed by atoms with Crippen molar-refractivity contribution < 1.29 is 43.7 Å². The first-order chi connectivity index (χ1) is 22.0. The number of carboxylic acids is 2.